The van der Waals surface area contributed by atoms with Crippen molar-refractivity contribution in [3.63, 3.8) is 0 Å². The lowest BCUT2D eigenvalue weighted by Gasteiger charge is -2.07. The van der Waals surface area contributed by atoms with Gasteiger partial charge in [-0.25, -0.2) is 0 Å². The topological polar surface area (TPSA) is 26.3 Å². The zero-order valence-electron chi connectivity index (χ0n) is 11.7. The van der Waals surface area contributed by atoms with Crippen LogP contribution in [0.2, 0.25) is 0 Å². The van der Waals surface area contributed by atoms with Crippen LogP contribution in [0.15, 0.2) is 72.8 Å². The second-order valence-corrected chi connectivity index (χ2v) is 5.00. The summed E-state index contributed by atoms with van der Waals surface area (Å²) in [6.07, 6.45) is 0.411. The van der Waals surface area contributed by atoms with Crippen molar-refractivity contribution in [1.82, 2.24) is 0 Å². The van der Waals surface area contributed by atoms with Crippen LogP contribution in [-0.2, 0) is 11.2 Å². The molecule has 0 unspecified atom stereocenters. The molecule has 0 saturated carbocycles. The maximum atomic E-state index is 11.9. The van der Waals surface area contributed by atoms with Crippen molar-refractivity contribution >= 4 is 16.6 Å². The molecule has 0 saturated heterocycles. The molecule has 21 heavy (non-hydrogen) atoms. The zero-order valence-corrected chi connectivity index (χ0v) is 11.7. The van der Waals surface area contributed by atoms with Gasteiger partial charge in [0.25, 0.3) is 0 Å². The average Bonchev–Trinajstić information content (AvgIpc) is 2.54. The molecule has 0 heterocycles. The van der Waals surface area contributed by atoms with Crippen molar-refractivity contribution in [2.24, 2.45) is 0 Å². The van der Waals surface area contributed by atoms with Crippen molar-refractivity contribution in [3.8, 4) is 5.75 Å². The van der Waals surface area contributed by atoms with Gasteiger partial charge in [0, 0.05) is 6.42 Å². The van der Waals surface area contributed by atoms with E-state index in [0.29, 0.717) is 6.42 Å². The molecule has 0 fully saturated rings. The summed E-state index contributed by atoms with van der Waals surface area (Å²) in [5.41, 5.74) is 1.02. The first-order valence-corrected chi connectivity index (χ1v) is 6.98. The lowest BCUT2D eigenvalue weighted by atomic mass is 10.1. The molecule has 3 rings (SSSR count). The van der Waals surface area contributed by atoms with Gasteiger partial charge in [0.15, 0.2) is 5.78 Å². The van der Waals surface area contributed by atoms with E-state index in [1.54, 1.807) is 0 Å². The molecular formula is C19H16O2. The van der Waals surface area contributed by atoms with Gasteiger partial charge in [-0.05, 0) is 28.5 Å². The molecule has 0 radical (unpaired) electrons. The first kappa shape index (κ1) is 13.4. The highest BCUT2D eigenvalue weighted by atomic mass is 16.5. The highest BCUT2D eigenvalue weighted by molar-refractivity contribution is 5.84. The summed E-state index contributed by atoms with van der Waals surface area (Å²) in [5.74, 6) is 0.810. The Labute approximate surface area is 124 Å². The minimum atomic E-state index is 0.0781. The second-order valence-electron chi connectivity index (χ2n) is 5.00. The smallest absolute Gasteiger partial charge is 0.174 e. The Morgan fingerprint density at radius 2 is 1.52 bits per heavy atom. The molecule has 0 amide bonds. The molecular weight excluding hydrogens is 260 g/mol. The van der Waals surface area contributed by atoms with E-state index in [9.17, 15) is 4.79 Å². The van der Waals surface area contributed by atoms with Gasteiger partial charge in [-0.15, -0.1) is 0 Å². The van der Waals surface area contributed by atoms with Crippen molar-refractivity contribution in [1.29, 1.82) is 0 Å². The summed E-state index contributed by atoms with van der Waals surface area (Å²) in [6.45, 7) is 0.104. The molecule has 0 aliphatic heterocycles. The molecule has 0 spiro atoms. The van der Waals surface area contributed by atoms with Crippen LogP contribution in [0.3, 0.4) is 0 Å². The Hall–Kier alpha value is -2.61. The maximum absolute atomic E-state index is 11.9. The van der Waals surface area contributed by atoms with Gasteiger partial charge < -0.3 is 4.74 Å². The van der Waals surface area contributed by atoms with Crippen molar-refractivity contribution in [2.75, 3.05) is 6.61 Å². The third-order valence-corrected chi connectivity index (χ3v) is 3.36. The number of ether oxygens (including phenoxy) is 1. The van der Waals surface area contributed by atoms with E-state index in [1.807, 2.05) is 66.7 Å². The molecule has 0 atom stereocenters. The normalized spacial score (nSPS) is 10.5. The van der Waals surface area contributed by atoms with Crippen LogP contribution in [0.5, 0.6) is 5.75 Å². The van der Waals surface area contributed by atoms with Crippen molar-refractivity contribution < 1.29 is 9.53 Å². The number of hydrogen-bond donors (Lipinski definition) is 0. The predicted octanol–water partition coefficient (Wildman–Crippen LogP) is 4.03. The Morgan fingerprint density at radius 1 is 0.810 bits per heavy atom. The first-order valence-electron chi connectivity index (χ1n) is 6.98. The standard InChI is InChI=1S/C19H16O2/c20-18(12-15-6-2-1-3-7-15)14-21-19-11-10-16-8-4-5-9-17(16)13-19/h1-11,13H,12,14H2. The monoisotopic (exact) mass is 276 g/mol. The number of fused-ring (bicyclic) bond motifs is 1. The maximum Gasteiger partial charge on any atom is 0.174 e. The number of benzene rings is 3. The number of carbonyl (C=O) groups is 1. The molecule has 0 aliphatic rings. The molecule has 0 N–H and O–H groups in total. The van der Waals surface area contributed by atoms with Gasteiger partial charge >= 0.3 is 0 Å². The number of carbonyl (C=O) groups excluding carboxylic acids is 1. The van der Waals surface area contributed by atoms with Gasteiger partial charge in [0.1, 0.15) is 12.4 Å². The fourth-order valence-electron chi connectivity index (χ4n) is 2.30. The fourth-order valence-corrected chi connectivity index (χ4v) is 2.30. The summed E-state index contributed by atoms with van der Waals surface area (Å²) in [7, 11) is 0. The van der Waals surface area contributed by atoms with Gasteiger partial charge in [-0.1, -0.05) is 60.7 Å². The summed E-state index contributed by atoms with van der Waals surface area (Å²) in [5, 5.41) is 2.28. The van der Waals surface area contributed by atoms with Crippen molar-refractivity contribution in [3.05, 3.63) is 78.4 Å². The number of ketones is 1. The molecule has 3 aromatic rings. The van der Waals surface area contributed by atoms with Crippen LogP contribution in [0, 0.1) is 0 Å². The summed E-state index contributed by atoms with van der Waals surface area (Å²) in [4.78, 5) is 11.9. The number of rotatable bonds is 5. The second kappa shape index (κ2) is 6.23. The third-order valence-electron chi connectivity index (χ3n) is 3.36. The third kappa shape index (κ3) is 3.48. The van der Waals surface area contributed by atoms with Crippen LogP contribution in [0.25, 0.3) is 10.8 Å². The lowest BCUT2D eigenvalue weighted by molar-refractivity contribution is -0.120. The van der Waals surface area contributed by atoms with Crippen LogP contribution < -0.4 is 4.74 Å². The largest absolute Gasteiger partial charge is 0.486 e. The SMILES string of the molecule is O=C(COc1ccc2ccccc2c1)Cc1ccccc1. The highest BCUT2D eigenvalue weighted by Gasteiger charge is 2.05. The van der Waals surface area contributed by atoms with E-state index >= 15 is 0 Å². The minimum Gasteiger partial charge on any atom is -0.486 e. The zero-order chi connectivity index (χ0) is 14.5. The summed E-state index contributed by atoms with van der Waals surface area (Å²) in [6, 6.07) is 23.7. The van der Waals surface area contributed by atoms with E-state index in [1.165, 1.54) is 5.39 Å². The summed E-state index contributed by atoms with van der Waals surface area (Å²) < 4.78 is 5.60. The average molecular weight is 276 g/mol. The van der Waals surface area contributed by atoms with Crippen LogP contribution >= 0.6 is 0 Å². The predicted molar refractivity (Wildman–Crippen MR) is 84.6 cm³/mol. The Balaban J connectivity index is 1.62. The van der Waals surface area contributed by atoms with Crippen LogP contribution in [-0.4, -0.2) is 12.4 Å². The quantitative estimate of drug-likeness (QED) is 0.703. The van der Waals surface area contributed by atoms with E-state index in [4.69, 9.17) is 4.74 Å². The Kier molecular flexibility index (Phi) is 3.97. The molecule has 2 nitrogen and oxygen atoms in total. The highest BCUT2D eigenvalue weighted by Crippen LogP contribution is 2.20. The van der Waals surface area contributed by atoms with Crippen LogP contribution in [0.4, 0.5) is 0 Å². The first-order chi connectivity index (χ1) is 10.3. The molecule has 3 aromatic carbocycles. The van der Waals surface area contributed by atoms with E-state index < -0.39 is 0 Å². The summed E-state index contributed by atoms with van der Waals surface area (Å²) >= 11 is 0. The lowest BCUT2D eigenvalue weighted by Crippen LogP contribution is -2.13. The number of Topliss-reactive ketones (excluding diaryl/α,β-unsaturated/α-hetero) is 1. The van der Waals surface area contributed by atoms with E-state index in [0.717, 1.165) is 16.7 Å². The molecule has 2 heteroatoms. The Bertz CT molecular complexity index is 748. The van der Waals surface area contributed by atoms with E-state index in [-0.39, 0.29) is 12.4 Å². The Morgan fingerprint density at radius 3 is 2.33 bits per heavy atom. The number of hydrogen-bond acceptors (Lipinski definition) is 2. The minimum absolute atomic E-state index is 0.0781. The van der Waals surface area contributed by atoms with Gasteiger partial charge in [0.05, 0.1) is 0 Å². The van der Waals surface area contributed by atoms with Crippen molar-refractivity contribution in [2.45, 2.75) is 6.42 Å². The molecule has 0 bridgehead atoms. The van der Waals surface area contributed by atoms with E-state index in [2.05, 4.69) is 6.07 Å². The van der Waals surface area contributed by atoms with Gasteiger partial charge in [-0.3, -0.25) is 4.79 Å². The van der Waals surface area contributed by atoms with Gasteiger partial charge in [0.2, 0.25) is 0 Å². The molecule has 104 valence electrons. The molecule has 0 aromatic heterocycles. The van der Waals surface area contributed by atoms with Crippen LogP contribution in [0.1, 0.15) is 5.56 Å². The fraction of sp³-hybridized carbons (Fsp3) is 0.105. The van der Waals surface area contributed by atoms with Gasteiger partial charge in [-0.2, -0.15) is 0 Å². The molecule has 0 aliphatic carbocycles.